The lowest BCUT2D eigenvalue weighted by Crippen LogP contribution is -1.94. The van der Waals surface area contributed by atoms with Gasteiger partial charge in [-0.1, -0.05) is 17.3 Å². The van der Waals surface area contributed by atoms with Gasteiger partial charge in [0.25, 0.3) is 0 Å². The molecule has 0 aliphatic carbocycles. The van der Waals surface area contributed by atoms with Crippen LogP contribution in [0.2, 0.25) is 0 Å². The first-order valence-corrected chi connectivity index (χ1v) is 4.62. The number of phenols is 1. The molecule has 2 aromatic rings. The van der Waals surface area contributed by atoms with Crippen LogP contribution >= 0.6 is 0 Å². The third-order valence-corrected chi connectivity index (χ3v) is 2.09. The number of phenolic OH excluding ortho intramolecular Hbond substituents is 1. The van der Waals surface area contributed by atoms with Gasteiger partial charge in [0, 0.05) is 12.5 Å². The summed E-state index contributed by atoms with van der Waals surface area (Å²) in [5.74, 6) is -0.448. The number of hydrogen-bond acceptors (Lipinski definition) is 4. The molecule has 0 saturated heterocycles. The first-order valence-electron chi connectivity index (χ1n) is 4.62. The first-order chi connectivity index (χ1) is 7.65. The van der Waals surface area contributed by atoms with Crippen molar-refractivity contribution >= 4 is 5.97 Å². The largest absolute Gasteiger partial charge is 0.508 e. The maximum atomic E-state index is 10.6. The van der Waals surface area contributed by atoms with E-state index < -0.39 is 5.97 Å². The van der Waals surface area contributed by atoms with Gasteiger partial charge in [0.1, 0.15) is 11.5 Å². The van der Waals surface area contributed by atoms with E-state index in [1.54, 1.807) is 24.3 Å². The lowest BCUT2D eigenvalue weighted by molar-refractivity contribution is 0.0685. The summed E-state index contributed by atoms with van der Waals surface area (Å²) in [5.41, 5.74) is 0.805. The van der Waals surface area contributed by atoms with Crippen LogP contribution in [-0.2, 0) is 6.42 Å². The van der Waals surface area contributed by atoms with Crippen molar-refractivity contribution in [3.05, 3.63) is 47.3 Å². The molecule has 0 unspecified atom stereocenters. The number of aromatic hydroxyl groups is 1. The minimum absolute atomic E-state index is 0.103. The van der Waals surface area contributed by atoms with Crippen molar-refractivity contribution < 1.29 is 19.5 Å². The fourth-order valence-corrected chi connectivity index (χ4v) is 1.31. The molecule has 5 nitrogen and oxygen atoms in total. The fourth-order valence-electron chi connectivity index (χ4n) is 1.31. The lowest BCUT2D eigenvalue weighted by Gasteiger charge is -1.96. The quantitative estimate of drug-likeness (QED) is 0.820. The number of carboxylic acid groups (broad SMARTS) is 1. The highest BCUT2D eigenvalue weighted by Crippen LogP contribution is 2.14. The van der Waals surface area contributed by atoms with E-state index in [1.807, 2.05) is 0 Å². The van der Waals surface area contributed by atoms with E-state index in [0.29, 0.717) is 12.2 Å². The van der Waals surface area contributed by atoms with Crippen molar-refractivity contribution in [1.82, 2.24) is 5.16 Å². The molecule has 2 N–H and O–H groups in total. The Balaban J connectivity index is 2.14. The summed E-state index contributed by atoms with van der Waals surface area (Å²) in [6, 6.07) is 7.97. The molecule has 1 aromatic carbocycles. The van der Waals surface area contributed by atoms with Crippen LogP contribution in [0.1, 0.15) is 21.8 Å². The number of nitrogens with zero attached hydrogens (tertiary/aromatic N) is 1. The van der Waals surface area contributed by atoms with Crippen LogP contribution in [0.3, 0.4) is 0 Å². The predicted molar refractivity (Wildman–Crippen MR) is 54.4 cm³/mol. The average Bonchev–Trinajstić information content (AvgIpc) is 2.70. The van der Waals surface area contributed by atoms with E-state index in [4.69, 9.17) is 14.7 Å². The van der Waals surface area contributed by atoms with Gasteiger partial charge in [0.2, 0.25) is 0 Å². The Hall–Kier alpha value is -2.30. The van der Waals surface area contributed by atoms with Gasteiger partial charge in [-0.2, -0.15) is 0 Å². The zero-order valence-electron chi connectivity index (χ0n) is 8.25. The molecule has 82 valence electrons. The molecule has 0 saturated carbocycles. The van der Waals surface area contributed by atoms with Crippen LogP contribution in [0.4, 0.5) is 0 Å². The smallest absolute Gasteiger partial charge is 0.358 e. The molecule has 0 radical (unpaired) electrons. The molecule has 0 bridgehead atoms. The Morgan fingerprint density at radius 3 is 2.56 bits per heavy atom. The van der Waals surface area contributed by atoms with Gasteiger partial charge in [-0.25, -0.2) is 4.79 Å². The van der Waals surface area contributed by atoms with Crippen molar-refractivity contribution in [1.29, 1.82) is 0 Å². The lowest BCUT2D eigenvalue weighted by atomic mass is 10.1. The second kappa shape index (κ2) is 4.06. The van der Waals surface area contributed by atoms with Gasteiger partial charge >= 0.3 is 5.97 Å². The number of aromatic nitrogens is 1. The fraction of sp³-hybridized carbons (Fsp3) is 0.0909. The molecule has 5 heteroatoms. The molecule has 0 atom stereocenters. The minimum atomic E-state index is -1.11. The zero-order chi connectivity index (χ0) is 11.5. The molecule has 1 aromatic heterocycles. The zero-order valence-corrected chi connectivity index (χ0v) is 8.25. The number of benzene rings is 1. The summed E-state index contributed by atoms with van der Waals surface area (Å²) in [5, 5.41) is 21.1. The van der Waals surface area contributed by atoms with Crippen molar-refractivity contribution in [3.63, 3.8) is 0 Å². The number of aromatic carboxylic acids is 1. The van der Waals surface area contributed by atoms with Gasteiger partial charge < -0.3 is 14.7 Å². The summed E-state index contributed by atoms with van der Waals surface area (Å²) in [6.45, 7) is 0. The van der Waals surface area contributed by atoms with E-state index in [9.17, 15) is 4.79 Å². The number of rotatable bonds is 3. The molecule has 0 amide bonds. The number of carboxylic acids is 1. The van der Waals surface area contributed by atoms with E-state index in [2.05, 4.69) is 5.16 Å². The SMILES string of the molecule is O=C(O)c1cc(Cc2ccc(O)cc2)on1. The van der Waals surface area contributed by atoms with Gasteiger partial charge in [-0.3, -0.25) is 0 Å². The Kier molecular flexibility index (Phi) is 2.59. The highest BCUT2D eigenvalue weighted by molar-refractivity contribution is 5.85. The van der Waals surface area contributed by atoms with Crippen molar-refractivity contribution in [3.8, 4) is 5.75 Å². The second-order valence-corrected chi connectivity index (χ2v) is 3.33. The van der Waals surface area contributed by atoms with Crippen LogP contribution in [-0.4, -0.2) is 21.3 Å². The third kappa shape index (κ3) is 2.20. The van der Waals surface area contributed by atoms with E-state index in [0.717, 1.165) is 5.56 Å². The highest BCUT2D eigenvalue weighted by Gasteiger charge is 2.10. The Morgan fingerprint density at radius 1 is 1.31 bits per heavy atom. The maximum Gasteiger partial charge on any atom is 0.358 e. The summed E-state index contributed by atoms with van der Waals surface area (Å²) in [7, 11) is 0. The number of hydrogen-bond donors (Lipinski definition) is 2. The monoisotopic (exact) mass is 219 g/mol. The number of carbonyl (C=O) groups is 1. The van der Waals surface area contributed by atoms with Crippen LogP contribution < -0.4 is 0 Å². The molecule has 1 heterocycles. The van der Waals surface area contributed by atoms with Crippen LogP contribution in [0.5, 0.6) is 5.75 Å². The summed E-state index contributed by atoms with van der Waals surface area (Å²) >= 11 is 0. The Morgan fingerprint density at radius 2 is 2.00 bits per heavy atom. The molecule has 16 heavy (non-hydrogen) atoms. The van der Waals surface area contributed by atoms with Crippen LogP contribution in [0.15, 0.2) is 34.9 Å². The van der Waals surface area contributed by atoms with E-state index >= 15 is 0 Å². The van der Waals surface area contributed by atoms with E-state index in [-0.39, 0.29) is 11.4 Å². The van der Waals surface area contributed by atoms with Crippen LogP contribution in [0, 0.1) is 0 Å². The summed E-state index contributed by atoms with van der Waals surface area (Å²) < 4.78 is 4.87. The topological polar surface area (TPSA) is 83.6 Å². The Bertz CT molecular complexity index is 501. The van der Waals surface area contributed by atoms with Gasteiger partial charge in [-0.05, 0) is 17.7 Å². The summed E-state index contributed by atoms with van der Waals surface area (Å²) in [6.07, 6.45) is 0.445. The average molecular weight is 219 g/mol. The molecule has 0 spiro atoms. The van der Waals surface area contributed by atoms with E-state index in [1.165, 1.54) is 6.07 Å². The highest BCUT2D eigenvalue weighted by atomic mass is 16.5. The first kappa shape index (κ1) is 10.2. The molecular formula is C11H9NO4. The standard InChI is InChI=1S/C11H9NO4/c13-8-3-1-7(2-4-8)5-9-6-10(11(14)15)12-16-9/h1-4,6,13H,5H2,(H,14,15). The van der Waals surface area contributed by atoms with Gasteiger partial charge in [0.15, 0.2) is 5.69 Å². The maximum absolute atomic E-state index is 10.6. The minimum Gasteiger partial charge on any atom is -0.508 e. The third-order valence-electron chi connectivity index (χ3n) is 2.09. The molecule has 2 rings (SSSR count). The van der Waals surface area contributed by atoms with Gasteiger partial charge in [0.05, 0.1) is 0 Å². The second-order valence-electron chi connectivity index (χ2n) is 3.33. The van der Waals surface area contributed by atoms with Gasteiger partial charge in [-0.15, -0.1) is 0 Å². The van der Waals surface area contributed by atoms with Crippen molar-refractivity contribution in [2.45, 2.75) is 6.42 Å². The molecule has 0 aliphatic rings. The predicted octanol–water partition coefficient (Wildman–Crippen LogP) is 1.67. The molecular weight excluding hydrogens is 210 g/mol. The summed E-state index contributed by atoms with van der Waals surface area (Å²) in [4.78, 5) is 10.6. The molecule has 0 fully saturated rings. The van der Waals surface area contributed by atoms with Crippen LogP contribution in [0.25, 0.3) is 0 Å². The normalized spacial score (nSPS) is 10.2. The van der Waals surface area contributed by atoms with Crippen molar-refractivity contribution in [2.75, 3.05) is 0 Å². The van der Waals surface area contributed by atoms with Crippen molar-refractivity contribution in [2.24, 2.45) is 0 Å². The Labute approximate surface area is 90.9 Å². The molecule has 0 aliphatic heterocycles.